The van der Waals surface area contributed by atoms with Crippen LogP contribution in [0.3, 0.4) is 0 Å². The Hall–Kier alpha value is -2.44. The van der Waals surface area contributed by atoms with Crippen LogP contribution in [-0.2, 0) is 4.79 Å². The van der Waals surface area contributed by atoms with E-state index >= 15 is 0 Å². The maximum atomic E-state index is 12.2. The molecule has 0 aromatic heterocycles. The Balaban J connectivity index is 1.31. The molecule has 2 aliphatic carbocycles. The Morgan fingerprint density at radius 3 is 2.42 bits per heavy atom. The third-order valence-electron chi connectivity index (χ3n) is 5.57. The molecule has 1 aromatic carbocycles. The molecule has 2 amide bonds. The Morgan fingerprint density at radius 1 is 1.04 bits per heavy atom. The van der Waals surface area contributed by atoms with E-state index in [4.69, 9.17) is 14.6 Å². The topological polar surface area (TPSA) is 96.9 Å². The first-order valence-corrected chi connectivity index (χ1v) is 9.35. The van der Waals surface area contributed by atoms with Gasteiger partial charge in [-0.1, -0.05) is 0 Å². The van der Waals surface area contributed by atoms with Gasteiger partial charge in [0.2, 0.25) is 0 Å². The molecule has 1 spiro atoms. The molecule has 2 saturated carbocycles. The number of hydrogen-bond donors (Lipinski definition) is 3. The van der Waals surface area contributed by atoms with E-state index in [0.29, 0.717) is 37.1 Å². The number of aliphatic carboxylic acids is 1. The zero-order chi connectivity index (χ0) is 18.1. The predicted molar refractivity (Wildman–Crippen MR) is 94.4 cm³/mol. The van der Waals surface area contributed by atoms with Gasteiger partial charge >= 0.3 is 12.0 Å². The van der Waals surface area contributed by atoms with Crippen molar-refractivity contribution in [2.24, 2.45) is 5.92 Å². The van der Waals surface area contributed by atoms with Crippen LogP contribution >= 0.6 is 0 Å². The monoisotopic (exact) mass is 360 g/mol. The lowest BCUT2D eigenvalue weighted by Gasteiger charge is -2.26. The number of urea groups is 1. The van der Waals surface area contributed by atoms with Crippen molar-refractivity contribution in [1.29, 1.82) is 0 Å². The number of amides is 2. The third-order valence-corrected chi connectivity index (χ3v) is 5.57. The molecule has 3 N–H and O–H groups in total. The average Bonchev–Trinajstić information content (AvgIpc) is 3.21. The molecule has 0 unspecified atom stereocenters. The van der Waals surface area contributed by atoms with Crippen LogP contribution in [0.2, 0.25) is 0 Å². The summed E-state index contributed by atoms with van der Waals surface area (Å²) in [7, 11) is 0. The summed E-state index contributed by atoms with van der Waals surface area (Å²) in [6, 6.07) is 5.16. The highest BCUT2D eigenvalue weighted by Crippen LogP contribution is 2.47. The van der Waals surface area contributed by atoms with Crippen LogP contribution in [0.4, 0.5) is 10.5 Å². The van der Waals surface area contributed by atoms with E-state index in [1.165, 1.54) is 0 Å². The molecule has 1 heterocycles. The summed E-state index contributed by atoms with van der Waals surface area (Å²) in [5.41, 5.74) is 0.652. The number of ether oxygens (including phenoxy) is 2. The highest BCUT2D eigenvalue weighted by molar-refractivity contribution is 5.90. The van der Waals surface area contributed by atoms with Gasteiger partial charge in [-0.05, 0) is 50.7 Å². The van der Waals surface area contributed by atoms with Crippen LogP contribution < -0.4 is 20.1 Å². The number of rotatable bonds is 3. The first kappa shape index (κ1) is 17.0. The summed E-state index contributed by atoms with van der Waals surface area (Å²) in [6.07, 6.45) is 6.58. The number of carbonyl (C=O) groups excluding carboxylic acids is 1. The lowest BCUT2D eigenvalue weighted by Crippen LogP contribution is -2.40. The number of fused-ring (bicyclic) bond motifs is 1. The van der Waals surface area contributed by atoms with Gasteiger partial charge < -0.3 is 25.2 Å². The summed E-state index contributed by atoms with van der Waals surface area (Å²) in [6.45, 7) is 0. The van der Waals surface area contributed by atoms with E-state index in [9.17, 15) is 9.59 Å². The zero-order valence-electron chi connectivity index (χ0n) is 14.6. The molecule has 0 saturated heterocycles. The van der Waals surface area contributed by atoms with Crippen molar-refractivity contribution in [3.05, 3.63) is 18.2 Å². The molecule has 0 atom stereocenters. The third kappa shape index (κ3) is 3.43. The Labute approximate surface area is 152 Å². The molecule has 0 bridgehead atoms. The summed E-state index contributed by atoms with van der Waals surface area (Å²) in [4.78, 5) is 23.2. The number of anilines is 1. The predicted octanol–water partition coefficient (Wildman–Crippen LogP) is 3.49. The van der Waals surface area contributed by atoms with Crippen LogP contribution in [0.15, 0.2) is 18.2 Å². The molecule has 0 radical (unpaired) electrons. The highest BCUT2D eigenvalue weighted by atomic mass is 16.7. The van der Waals surface area contributed by atoms with Crippen LogP contribution in [0, 0.1) is 5.92 Å². The molecule has 3 aliphatic rings. The summed E-state index contributed by atoms with van der Waals surface area (Å²) in [5, 5.41) is 14.8. The van der Waals surface area contributed by atoms with Crippen molar-refractivity contribution in [2.75, 3.05) is 5.32 Å². The van der Waals surface area contributed by atoms with Crippen molar-refractivity contribution >= 4 is 17.7 Å². The second-order valence-corrected chi connectivity index (χ2v) is 7.47. The van der Waals surface area contributed by atoms with E-state index in [-0.39, 0.29) is 18.0 Å². The fourth-order valence-corrected chi connectivity index (χ4v) is 4.13. The largest absolute Gasteiger partial charge is 0.481 e. The van der Waals surface area contributed by atoms with E-state index in [1.54, 1.807) is 12.1 Å². The average molecular weight is 360 g/mol. The van der Waals surface area contributed by atoms with Crippen LogP contribution in [0.5, 0.6) is 11.5 Å². The van der Waals surface area contributed by atoms with E-state index in [0.717, 1.165) is 31.4 Å². The minimum Gasteiger partial charge on any atom is -0.481 e. The van der Waals surface area contributed by atoms with Gasteiger partial charge in [0.1, 0.15) is 0 Å². The number of carboxylic acids is 1. The molecule has 26 heavy (non-hydrogen) atoms. The van der Waals surface area contributed by atoms with Gasteiger partial charge in [0.05, 0.1) is 5.92 Å². The van der Waals surface area contributed by atoms with Gasteiger partial charge in [0.25, 0.3) is 5.79 Å². The van der Waals surface area contributed by atoms with E-state index in [2.05, 4.69) is 10.6 Å². The van der Waals surface area contributed by atoms with Crippen molar-refractivity contribution < 1.29 is 24.2 Å². The van der Waals surface area contributed by atoms with Gasteiger partial charge in [-0.25, -0.2) is 4.79 Å². The first-order chi connectivity index (χ1) is 12.5. The summed E-state index contributed by atoms with van der Waals surface area (Å²) >= 11 is 0. The van der Waals surface area contributed by atoms with Crippen molar-refractivity contribution in [1.82, 2.24) is 5.32 Å². The number of hydrogen-bond acceptors (Lipinski definition) is 4. The second-order valence-electron chi connectivity index (χ2n) is 7.47. The van der Waals surface area contributed by atoms with Crippen LogP contribution in [-0.4, -0.2) is 28.9 Å². The Bertz CT molecular complexity index is 706. The summed E-state index contributed by atoms with van der Waals surface area (Å²) in [5.74, 6) is -0.135. The maximum absolute atomic E-state index is 12.2. The highest BCUT2D eigenvalue weighted by Gasteiger charge is 2.44. The SMILES string of the molecule is O=C(Nc1ccc2c(c1)OC1(CCCC1)O2)NC1CCC(C(=O)O)CC1. The van der Waals surface area contributed by atoms with Gasteiger partial charge in [0, 0.05) is 30.6 Å². The first-order valence-electron chi connectivity index (χ1n) is 9.35. The van der Waals surface area contributed by atoms with Crippen LogP contribution in [0.25, 0.3) is 0 Å². The quantitative estimate of drug-likeness (QED) is 0.767. The number of benzene rings is 1. The number of nitrogens with one attached hydrogen (secondary N) is 2. The maximum Gasteiger partial charge on any atom is 0.319 e. The van der Waals surface area contributed by atoms with Gasteiger partial charge in [-0.3, -0.25) is 4.79 Å². The van der Waals surface area contributed by atoms with Gasteiger partial charge in [0.15, 0.2) is 11.5 Å². The molecule has 7 heteroatoms. The number of carbonyl (C=O) groups is 2. The molecule has 7 nitrogen and oxygen atoms in total. The number of carboxylic acid groups (broad SMARTS) is 1. The molecule has 140 valence electrons. The molecule has 1 aromatic rings. The molecule has 4 rings (SSSR count). The second kappa shape index (κ2) is 6.70. The van der Waals surface area contributed by atoms with Crippen molar-refractivity contribution in [3.8, 4) is 11.5 Å². The standard InChI is InChI=1S/C19H24N2O5/c22-17(23)12-3-5-13(6-4-12)20-18(24)21-14-7-8-15-16(11-14)26-19(25-15)9-1-2-10-19/h7-8,11-13H,1-6,9-10H2,(H,22,23)(H2,20,21,24). The fourth-order valence-electron chi connectivity index (χ4n) is 4.13. The molecule has 1 aliphatic heterocycles. The van der Waals surface area contributed by atoms with Crippen LogP contribution in [0.1, 0.15) is 51.4 Å². The van der Waals surface area contributed by atoms with E-state index in [1.807, 2.05) is 6.07 Å². The lowest BCUT2D eigenvalue weighted by molar-refractivity contribution is -0.142. The normalized spacial score (nSPS) is 25.8. The van der Waals surface area contributed by atoms with Crippen molar-refractivity contribution in [2.45, 2.75) is 63.2 Å². The zero-order valence-corrected chi connectivity index (χ0v) is 14.6. The minimum atomic E-state index is -0.742. The lowest BCUT2D eigenvalue weighted by atomic mass is 9.86. The fraction of sp³-hybridized carbons (Fsp3) is 0.579. The Kier molecular flexibility index (Phi) is 4.38. The van der Waals surface area contributed by atoms with Crippen molar-refractivity contribution in [3.63, 3.8) is 0 Å². The van der Waals surface area contributed by atoms with Gasteiger partial charge in [-0.15, -0.1) is 0 Å². The summed E-state index contributed by atoms with van der Waals surface area (Å²) < 4.78 is 12.0. The van der Waals surface area contributed by atoms with E-state index < -0.39 is 11.8 Å². The molecule has 2 fully saturated rings. The molecular formula is C19H24N2O5. The minimum absolute atomic E-state index is 0.0152. The van der Waals surface area contributed by atoms with Gasteiger partial charge in [-0.2, -0.15) is 0 Å². The Morgan fingerprint density at radius 2 is 1.73 bits per heavy atom. The molecular weight excluding hydrogens is 336 g/mol. The smallest absolute Gasteiger partial charge is 0.319 e.